The van der Waals surface area contributed by atoms with Gasteiger partial charge in [-0.2, -0.15) is 0 Å². The van der Waals surface area contributed by atoms with Gasteiger partial charge in [0.15, 0.2) is 12.2 Å². The maximum absolute atomic E-state index is 11.6. The maximum Gasteiger partial charge on any atom is 0.303 e. The summed E-state index contributed by atoms with van der Waals surface area (Å²) in [7, 11) is 0. The van der Waals surface area contributed by atoms with Crippen molar-refractivity contribution in [3.8, 4) is 0 Å². The Bertz CT molecular complexity index is 678. The topological polar surface area (TPSA) is 102 Å². The van der Waals surface area contributed by atoms with Crippen molar-refractivity contribution in [2.45, 2.75) is 63.7 Å². The fraction of sp³-hybridized carbons (Fsp3) is 0.579. The predicted molar refractivity (Wildman–Crippen MR) is 100.0 cm³/mol. The van der Waals surface area contributed by atoms with Crippen LogP contribution in [-0.4, -0.2) is 52.2 Å². The largest absolute Gasteiger partial charge is 0.456 e. The first-order valence-corrected chi connectivity index (χ1v) is 10.0. The Kier molecular flexibility index (Phi) is 7.67. The number of benzene rings is 1. The number of aryl methyl sites for hydroxylation is 1. The van der Waals surface area contributed by atoms with E-state index in [-0.39, 0.29) is 6.61 Å². The zero-order chi connectivity index (χ0) is 20.1. The number of hydrogen-bond acceptors (Lipinski definition) is 8. The summed E-state index contributed by atoms with van der Waals surface area (Å²) in [4.78, 5) is 23.0. The van der Waals surface area contributed by atoms with E-state index in [0.29, 0.717) is 5.56 Å². The summed E-state index contributed by atoms with van der Waals surface area (Å²) in [6.07, 6.45) is -1.49. The van der Waals surface area contributed by atoms with E-state index in [9.17, 15) is 19.8 Å². The Morgan fingerprint density at radius 2 is 1.78 bits per heavy atom. The number of aliphatic hydroxyl groups excluding tert-OH is 2. The monoisotopic (exact) mass is 398 g/mol. The third-order valence-electron chi connectivity index (χ3n) is 4.47. The summed E-state index contributed by atoms with van der Waals surface area (Å²) in [6, 6.07) is 5.50. The van der Waals surface area contributed by atoms with Gasteiger partial charge in [-0.1, -0.05) is 25.1 Å². The molecular weight excluding hydrogens is 372 g/mol. The molecule has 0 aromatic heterocycles. The van der Waals surface area contributed by atoms with Crippen molar-refractivity contribution in [3.63, 3.8) is 0 Å². The molecule has 1 fully saturated rings. The fourth-order valence-corrected chi connectivity index (χ4v) is 3.95. The average molecular weight is 398 g/mol. The third-order valence-corrected chi connectivity index (χ3v) is 5.31. The van der Waals surface area contributed by atoms with Crippen LogP contribution in [0.5, 0.6) is 0 Å². The van der Waals surface area contributed by atoms with Crippen molar-refractivity contribution in [2.75, 3.05) is 6.26 Å². The molecule has 0 saturated carbocycles. The second-order valence-electron chi connectivity index (χ2n) is 6.34. The number of thioether (sulfide) groups is 1. The van der Waals surface area contributed by atoms with Crippen molar-refractivity contribution >= 4 is 23.7 Å². The Labute approximate surface area is 163 Å². The number of esters is 2. The Morgan fingerprint density at radius 1 is 1.15 bits per heavy atom. The molecule has 0 spiro atoms. The summed E-state index contributed by atoms with van der Waals surface area (Å²) in [5, 5.41) is 20.4. The highest BCUT2D eigenvalue weighted by molar-refractivity contribution is 7.99. The molecule has 8 heteroatoms. The average Bonchev–Trinajstić information content (AvgIpc) is 2.64. The van der Waals surface area contributed by atoms with Crippen LogP contribution in [0, 0.1) is 0 Å². The summed E-state index contributed by atoms with van der Waals surface area (Å²) in [5.74, 6) is -1.14. The van der Waals surface area contributed by atoms with E-state index >= 15 is 0 Å². The van der Waals surface area contributed by atoms with Crippen LogP contribution in [0.3, 0.4) is 0 Å². The van der Waals surface area contributed by atoms with E-state index in [0.717, 1.165) is 17.5 Å². The van der Waals surface area contributed by atoms with Gasteiger partial charge in [-0.25, -0.2) is 0 Å². The first-order chi connectivity index (χ1) is 12.8. The number of rotatable bonds is 6. The summed E-state index contributed by atoms with van der Waals surface area (Å²) < 4.78 is 16.6. The van der Waals surface area contributed by atoms with Crippen molar-refractivity contribution in [1.82, 2.24) is 0 Å². The van der Waals surface area contributed by atoms with Crippen molar-refractivity contribution in [2.24, 2.45) is 0 Å². The van der Waals surface area contributed by atoms with Crippen molar-refractivity contribution in [3.05, 3.63) is 34.9 Å². The van der Waals surface area contributed by atoms with Crippen molar-refractivity contribution < 1.29 is 34.0 Å². The van der Waals surface area contributed by atoms with Crippen LogP contribution in [0.4, 0.5) is 0 Å². The molecule has 0 radical (unpaired) electrons. The SMILES string of the molecule is CCc1ccc([C@@H]2O[C@H](SC)[C@@H](OC(C)=O)[C@H](O)[C@H]2OC(C)=O)cc1CO. The lowest BCUT2D eigenvalue weighted by Gasteiger charge is -2.43. The van der Waals surface area contributed by atoms with Crippen LogP contribution in [0.2, 0.25) is 0 Å². The van der Waals surface area contributed by atoms with E-state index in [1.807, 2.05) is 19.1 Å². The highest BCUT2D eigenvalue weighted by Gasteiger charge is 2.49. The lowest BCUT2D eigenvalue weighted by atomic mass is 9.91. The Hall–Kier alpha value is -1.61. The smallest absolute Gasteiger partial charge is 0.303 e. The van der Waals surface area contributed by atoms with Gasteiger partial charge in [0.25, 0.3) is 0 Å². The summed E-state index contributed by atoms with van der Waals surface area (Å²) in [6.45, 7) is 4.34. The van der Waals surface area contributed by atoms with E-state index in [4.69, 9.17) is 14.2 Å². The van der Waals surface area contributed by atoms with Gasteiger partial charge in [0.05, 0.1) is 6.61 Å². The fourth-order valence-electron chi connectivity index (χ4n) is 3.24. The molecule has 1 heterocycles. The molecule has 5 atom stereocenters. The molecule has 0 aliphatic carbocycles. The third kappa shape index (κ3) is 5.01. The van der Waals surface area contributed by atoms with Crippen LogP contribution in [0.25, 0.3) is 0 Å². The highest BCUT2D eigenvalue weighted by Crippen LogP contribution is 2.39. The lowest BCUT2D eigenvalue weighted by Crippen LogP contribution is -2.55. The van der Waals surface area contributed by atoms with Crippen LogP contribution >= 0.6 is 11.8 Å². The van der Waals surface area contributed by atoms with Gasteiger partial charge in [0, 0.05) is 13.8 Å². The molecule has 2 N–H and O–H groups in total. The summed E-state index contributed by atoms with van der Waals surface area (Å²) >= 11 is 1.29. The van der Waals surface area contributed by atoms with Gasteiger partial charge in [-0.3, -0.25) is 9.59 Å². The number of carbonyl (C=O) groups excluding carboxylic acids is 2. The first kappa shape index (κ1) is 21.7. The van der Waals surface area contributed by atoms with Gasteiger partial charge in [0.1, 0.15) is 17.6 Å². The van der Waals surface area contributed by atoms with Gasteiger partial charge in [0.2, 0.25) is 0 Å². The quantitative estimate of drug-likeness (QED) is 0.699. The standard InChI is InChI=1S/C19H26O7S/c1-5-12-6-7-13(8-14(12)9-20)16-17(24-10(2)21)15(23)18(25-11(3)22)19(26-16)27-4/h6-8,15-20,23H,5,9H2,1-4H3/t15-,16+,17-,18+,19-/m1/s1. The van der Waals surface area contributed by atoms with E-state index in [1.165, 1.54) is 25.6 Å². The van der Waals surface area contributed by atoms with Crippen molar-refractivity contribution in [1.29, 1.82) is 0 Å². The molecule has 7 nitrogen and oxygen atoms in total. The minimum absolute atomic E-state index is 0.132. The van der Waals surface area contributed by atoms with E-state index in [1.54, 1.807) is 12.3 Å². The summed E-state index contributed by atoms with van der Waals surface area (Å²) in [5.41, 5.74) is 1.78. The first-order valence-electron chi connectivity index (χ1n) is 8.75. The molecular formula is C19H26O7S. The van der Waals surface area contributed by atoms with Crippen LogP contribution in [-0.2, 0) is 36.8 Å². The number of hydrogen-bond donors (Lipinski definition) is 2. The molecule has 2 rings (SSSR count). The van der Waals surface area contributed by atoms with Gasteiger partial charge in [-0.15, -0.1) is 11.8 Å². The lowest BCUT2D eigenvalue weighted by molar-refractivity contribution is -0.224. The highest BCUT2D eigenvalue weighted by atomic mass is 32.2. The predicted octanol–water partition coefficient (Wildman–Crippen LogP) is 1.73. The molecule has 1 aromatic carbocycles. The van der Waals surface area contributed by atoms with E-state index in [2.05, 4.69) is 0 Å². The normalized spacial score (nSPS) is 27.9. The Balaban J connectivity index is 2.43. The second-order valence-corrected chi connectivity index (χ2v) is 7.28. The van der Waals surface area contributed by atoms with Crippen LogP contribution in [0.15, 0.2) is 18.2 Å². The zero-order valence-electron chi connectivity index (χ0n) is 15.9. The minimum Gasteiger partial charge on any atom is -0.456 e. The molecule has 1 aliphatic rings. The number of carbonyl (C=O) groups is 2. The Morgan fingerprint density at radius 3 is 2.30 bits per heavy atom. The van der Waals surface area contributed by atoms with E-state index < -0.39 is 41.8 Å². The molecule has 0 amide bonds. The number of ether oxygens (including phenoxy) is 3. The van der Waals surface area contributed by atoms with Gasteiger partial charge >= 0.3 is 11.9 Å². The maximum atomic E-state index is 11.6. The number of aliphatic hydroxyl groups is 2. The molecule has 27 heavy (non-hydrogen) atoms. The van der Waals surface area contributed by atoms with Crippen LogP contribution in [0.1, 0.15) is 43.6 Å². The minimum atomic E-state index is -1.25. The molecule has 0 bridgehead atoms. The molecule has 150 valence electrons. The molecule has 1 saturated heterocycles. The zero-order valence-corrected chi connectivity index (χ0v) is 16.7. The van der Waals surface area contributed by atoms with Gasteiger partial charge in [-0.05, 0) is 29.4 Å². The molecule has 0 unspecified atom stereocenters. The molecule has 1 aliphatic heterocycles. The molecule has 1 aromatic rings. The second kappa shape index (κ2) is 9.54. The van der Waals surface area contributed by atoms with Crippen LogP contribution < -0.4 is 0 Å². The van der Waals surface area contributed by atoms with Gasteiger partial charge < -0.3 is 24.4 Å².